The first-order valence-electron chi connectivity index (χ1n) is 13.3. The third-order valence-corrected chi connectivity index (χ3v) is 9.04. The van der Waals surface area contributed by atoms with Gasteiger partial charge in [-0.1, -0.05) is 42.0 Å². The summed E-state index contributed by atoms with van der Waals surface area (Å²) < 4.78 is 31.9. The van der Waals surface area contributed by atoms with E-state index in [1.54, 1.807) is 44.4 Å². The van der Waals surface area contributed by atoms with Crippen molar-refractivity contribution >= 4 is 27.3 Å². The van der Waals surface area contributed by atoms with E-state index in [0.29, 0.717) is 36.4 Å². The van der Waals surface area contributed by atoms with Crippen molar-refractivity contribution in [2.75, 3.05) is 45.7 Å². The molecule has 3 aromatic carbocycles. The van der Waals surface area contributed by atoms with Crippen LogP contribution < -0.4 is 9.64 Å². The predicted octanol–water partition coefficient (Wildman–Crippen LogP) is 4.10. The third kappa shape index (κ3) is 6.47. The second kappa shape index (κ2) is 12.1. The summed E-state index contributed by atoms with van der Waals surface area (Å²) >= 11 is 0. The maximum atomic E-state index is 13.4. The van der Waals surface area contributed by atoms with Crippen LogP contribution in [0.15, 0.2) is 71.6 Å². The lowest BCUT2D eigenvalue weighted by molar-refractivity contribution is -0.127. The van der Waals surface area contributed by atoms with Crippen molar-refractivity contribution in [1.29, 1.82) is 0 Å². The number of anilines is 1. The normalized spacial score (nSPS) is 15.1. The van der Waals surface area contributed by atoms with Crippen molar-refractivity contribution in [3.8, 4) is 5.75 Å². The molecule has 0 bridgehead atoms. The molecule has 1 fully saturated rings. The van der Waals surface area contributed by atoms with Gasteiger partial charge in [-0.2, -0.15) is 0 Å². The Morgan fingerprint density at radius 3 is 2.48 bits per heavy atom. The van der Waals surface area contributed by atoms with E-state index in [0.717, 1.165) is 16.8 Å². The molecule has 0 N–H and O–H groups in total. The molecule has 0 aromatic heterocycles. The molecule has 3 aromatic rings. The van der Waals surface area contributed by atoms with E-state index in [1.807, 2.05) is 60.0 Å². The van der Waals surface area contributed by atoms with E-state index < -0.39 is 9.84 Å². The van der Waals surface area contributed by atoms with Gasteiger partial charge in [0.1, 0.15) is 10.6 Å². The lowest BCUT2D eigenvalue weighted by Gasteiger charge is -2.32. The summed E-state index contributed by atoms with van der Waals surface area (Å²) in [5.74, 6) is 0.000467. The Bertz CT molecular complexity index is 1500. The zero-order valence-corrected chi connectivity index (χ0v) is 24.6. The molecule has 1 aliphatic heterocycles. The molecule has 212 valence electrons. The van der Waals surface area contributed by atoms with Gasteiger partial charge in [-0.3, -0.25) is 9.59 Å². The molecule has 4 rings (SSSR count). The van der Waals surface area contributed by atoms with Crippen LogP contribution >= 0.6 is 0 Å². The molecule has 0 saturated carbocycles. The second-order valence-electron chi connectivity index (χ2n) is 10.5. The van der Waals surface area contributed by atoms with Crippen LogP contribution in [0.25, 0.3) is 0 Å². The van der Waals surface area contributed by atoms with E-state index in [1.165, 1.54) is 12.0 Å². The second-order valence-corrected chi connectivity index (χ2v) is 12.5. The van der Waals surface area contributed by atoms with Crippen molar-refractivity contribution < 1.29 is 22.7 Å². The van der Waals surface area contributed by atoms with Crippen LogP contribution in [0, 0.1) is 13.8 Å². The lowest BCUT2D eigenvalue weighted by atomic mass is 10.0. The van der Waals surface area contributed by atoms with Crippen LogP contribution in [0.4, 0.5) is 5.69 Å². The van der Waals surface area contributed by atoms with E-state index in [-0.39, 0.29) is 35.0 Å². The zero-order valence-electron chi connectivity index (χ0n) is 23.8. The van der Waals surface area contributed by atoms with Crippen LogP contribution in [0.3, 0.4) is 0 Å². The summed E-state index contributed by atoms with van der Waals surface area (Å²) in [6.45, 7) is 5.07. The maximum absolute atomic E-state index is 13.4. The number of likely N-dealkylation sites (tertiary alicyclic amines) is 1. The number of amides is 2. The number of aryl methyl sites for hydroxylation is 2. The molecule has 8 nitrogen and oxygen atoms in total. The Labute approximate surface area is 237 Å². The van der Waals surface area contributed by atoms with Gasteiger partial charge in [0.05, 0.1) is 19.4 Å². The molecule has 40 heavy (non-hydrogen) atoms. The Morgan fingerprint density at radius 2 is 1.75 bits per heavy atom. The van der Waals surface area contributed by atoms with Crippen molar-refractivity contribution in [3.05, 3.63) is 89.0 Å². The largest absolute Gasteiger partial charge is 0.495 e. The summed E-state index contributed by atoms with van der Waals surface area (Å²) in [5, 5.41) is 0. The number of likely N-dealkylation sites (N-methyl/N-ethyl adjacent to an activating group) is 1. The smallest absolute Gasteiger partial charge is 0.254 e. The Hall–Kier alpha value is -3.85. The highest BCUT2D eigenvalue weighted by Gasteiger charge is 2.33. The SMILES string of the molecule is COc1ccccc1S(=O)(=O)Cc1cccc(N(CC(=O)N(C)C)C2CCN(C(=O)c3cc(C)ccc3C)C2)c1. The lowest BCUT2D eigenvalue weighted by Crippen LogP contribution is -2.44. The summed E-state index contributed by atoms with van der Waals surface area (Å²) in [6, 6.07) is 19.6. The van der Waals surface area contributed by atoms with E-state index in [9.17, 15) is 18.0 Å². The fourth-order valence-electron chi connectivity index (χ4n) is 5.03. The minimum atomic E-state index is -3.68. The minimum absolute atomic E-state index is 0.0146. The van der Waals surface area contributed by atoms with Gasteiger partial charge in [-0.15, -0.1) is 0 Å². The predicted molar refractivity (Wildman–Crippen MR) is 157 cm³/mol. The summed E-state index contributed by atoms with van der Waals surface area (Å²) in [4.78, 5) is 31.8. The molecule has 1 unspecified atom stereocenters. The van der Waals surface area contributed by atoms with E-state index in [2.05, 4.69) is 0 Å². The summed E-state index contributed by atoms with van der Waals surface area (Å²) in [5.41, 5.74) is 4.01. The molecule has 1 heterocycles. The third-order valence-electron chi connectivity index (χ3n) is 7.32. The highest BCUT2D eigenvalue weighted by Crippen LogP contribution is 2.29. The van der Waals surface area contributed by atoms with Gasteiger partial charge in [-0.25, -0.2) is 8.42 Å². The molecule has 0 radical (unpaired) electrons. The molecular formula is C31H37N3O5S. The van der Waals surface area contributed by atoms with Gasteiger partial charge < -0.3 is 19.4 Å². The number of ether oxygens (including phenoxy) is 1. The number of hydrogen-bond acceptors (Lipinski definition) is 6. The molecule has 9 heteroatoms. The Balaban J connectivity index is 1.60. The standard InChI is InChI=1S/C31H37N3O5S/c1-22-13-14-23(2)27(17-22)31(36)33-16-15-26(19-33)34(20-30(35)32(3)4)25-10-8-9-24(18-25)21-40(37,38)29-12-7-6-11-28(29)39-5/h6-14,17-18,26H,15-16,19-21H2,1-5H3. The minimum Gasteiger partial charge on any atom is -0.495 e. The van der Waals surface area contributed by atoms with Crippen molar-refractivity contribution in [2.45, 2.75) is 37.0 Å². The Morgan fingerprint density at radius 1 is 1.00 bits per heavy atom. The molecule has 0 spiro atoms. The topological polar surface area (TPSA) is 87.2 Å². The first kappa shape index (κ1) is 29.1. The monoisotopic (exact) mass is 563 g/mol. The van der Waals surface area contributed by atoms with Crippen molar-refractivity contribution in [3.63, 3.8) is 0 Å². The van der Waals surface area contributed by atoms with Crippen LogP contribution in [-0.4, -0.2) is 76.9 Å². The molecular weight excluding hydrogens is 526 g/mol. The fourth-order valence-corrected chi connectivity index (χ4v) is 6.55. The molecule has 2 amide bonds. The van der Waals surface area contributed by atoms with Crippen molar-refractivity contribution in [1.82, 2.24) is 9.80 Å². The number of para-hydroxylation sites is 1. The van der Waals surface area contributed by atoms with Gasteiger partial charge in [-0.05, 0) is 61.7 Å². The number of hydrogen-bond donors (Lipinski definition) is 0. The van der Waals surface area contributed by atoms with Crippen LogP contribution in [-0.2, 0) is 20.4 Å². The number of carbonyl (C=O) groups excluding carboxylic acids is 2. The van der Waals surface area contributed by atoms with E-state index in [4.69, 9.17) is 4.74 Å². The average Bonchev–Trinajstić information content (AvgIpc) is 3.42. The van der Waals surface area contributed by atoms with Crippen LogP contribution in [0.2, 0.25) is 0 Å². The number of nitrogens with zero attached hydrogens (tertiary/aromatic N) is 3. The molecule has 0 aliphatic carbocycles. The highest BCUT2D eigenvalue weighted by atomic mass is 32.2. The summed E-state index contributed by atoms with van der Waals surface area (Å²) in [7, 11) is 1.19. The van der Waals surface area contributed by atoms with E-state index >= 15 is 0 Å². The first-order valence-corrected chi connectivity index (χ1v) is 14.9. The zero-order chi connectivity index (χ0) is 29.0. The Kier molecular flexibility index (Phi) is 8.83. The number of sulfone groups is 1. The number of carbonyl (C=O) groups is 2. The van der Waals surface area contributed by atoms with Gasteiger partial charge in [0.2, 0.25) is 5.91 Å². The number of rotatable bonds is 9. The van der Waals surface area contributed by atoms with Gasteiger partial charge in [0, 0.05) is 44.5 Å². The fraction of sp³-hybridized carbons (Fsp3) is 0.355. The van der Waals surface area contributed by atoms with Gasteiger partial charge >= 0.3 is 0 Å². The number of methoxy groups -OCH3 is 1. The van der Waals surface area contributed by atoms with Crippen LogP contribution in [0.1, 0.15) is 33.5 Å². The van der Waals surface area contributed by atoms with Crippen LogP contribution in [0.5, 0.6) is 5.75 Å². The molecule has 1 saturated heterocycles. The molecule has 1 atom stereocenters. The molecule has 1 aliphatic rings. The average molecular weight is 564 g/mol. The quantitative estimate of drug-likeness (QED) is 0.390. The maximum Gasteiger partial charge on any atom is 0.254 e. The van der Waals surface area contributed by atoms with Gasteiger partial charge in [0.25, 0.3) is 5.91 Å². The van der Waals surface area contributed by atoms with Gasteiger partial charge in [0.15, 0.2) is 9.84 Å². The number of benzene rings is 3. The van der Waals surface area contributed by atoms with Crippen molar-refractivity contribution in [2.24, 2.45) is 0 Å². The first-order chi connectivity index (χ1) is 19.0. The highest BCUT2D eigenvalue weighted by molar-refractivity contribution is 7.90. The summed E-state index contributed by atoms with van der Waals surface area (Å²) in [6.07, 6.45) is 0.695.